The highest BCUT2D eigenvalue weighted by molar-refractivity contribution is 5.96. The SMILES string of the molecule is CC(CC(=O)N1CCCC1=O)C1CCCN1C(=O)OC(C)(C)C. The molecule has 3 amide bonds. The lowest BCUT2D eigenvalue weighted by molar-refractivity contribution is -0.142. The van der Waals surface area contributed by atoms with Crippen LogP contribution in [0.5, 0.6) is 0 Å². The van der Waals surface area contributed by atoms with Crippen LogP contribution in [0.2, 0.25) is 0 Å². The van der Waals surface area contributed by atoms with Gasteiger partial charge in [-0.2, -0.15) is 0 Å². The van der Waals surface area contributed by atoms with E-state index in [1.165, 1.54) is 4.90 Å². The molecule has 130 valence electrons. The molecule has 2 unspecified atom stereocenters. The van der Waals surface area contributed by atoms with Crippen molar-refractivity contribution in [1.82, 2.24) is 9.80 Å². The zero-order valence-corrected chi connectivity index (χ0v) is 14.6. The van der Waals surface area contributed by atoms with Crippen LogP contribution in [0, 0.1) is 5.92 Å². The van der Waals surface area contributed by atoms with Gasteiger partial charge in [-0.1, -0.05) is 6.92 Å². The quantitative estimate of drug-likeness (QED) is 0.800. The minimum atomic E-state index is -0.523. The number of carbonyl (C=O) groups excluding carboxylic acids is 3. The smallest absolute Gasteiger partial charge is 0.410 e. The lowest BCUT2D eigenvalue weighted by Crippen LogP contribution is -2.44. The third kappa shape index (κ3) is 4.45. The van der Waals surface area contributed by atoms with Crippen molar-refractivity contribution in [3.8, 4) is 0 Å². The van der Waals surface area contributed by atoms with Crippen LogP contribution in [0.3, 0.4) is 0 Å². The van der Waals surface area contributed by atoms with Crippen molar-refractivity contribution in [2.75, 3.05) is 13.1 Å². The maximum Gasteiger partial charge on any atom is 0.410 e. The van der Waals surface area contributed by atoms with Crippen molar-refractivity contribution in [2.45, 2.75) is 71.4 Å². The van der Waals surface area contributed by atoms with Crippen LogP contribution in [0.4, 0.5) is 4.79 Å². The number of ether oxygens (including phenoxy) is 1. The van der Waals surface area contributed by atoms with Crippen LogP contribution in [0.15, 0.2) is 0 Å². The first kappa shape index (κ1) is 17.8. The lowest BCUT2D eigenvalue weighted by Gasteiger charge is -2.32. The van der Waals surface area contributed by atoms with E-state index in [0.717, 1.165) is 19.3 Å². The van der Waals surface area contributed by atoms with Crippen LogP contribution in [0.25, 0.3) is 0 Å². The van der Waals surface area contributed by atoms with Gasteiger partial charge in [0.05, 0.1) is 0 Å². The first-order valence-corrected chi connectivity index (χ1v) is 8.52. The van der Waals surface area contributed by atoms with Gasteiger partial charge in [0.25, 0.3) is 0 Å². The second-order valence-electron chi connectivity index (χ2n) is 7.61. The van der Waals surface area contributed by atoms with E-state index in [9.17, 15) is 14.4 Å². The Hall–Kier alpha value is -1.59. The molecule has 0 radical (unpaired) electrons. The van der Waals surface area contributed by atoms with Crippen molar-refractivity contribution < 1.29 is 19.1 Å². The predicted molar refractivity (Wildman–Crippen MR) is 85.7 cm³/mol. The fourth-order valence-corrected chi connectivity index (χ4v) is 3.36. The van der Waals surface area contributed by atoms with Crippen molar-refractivity contribution in [2.24, 2.45) is 5.92 Å². The topological polar surface area (TPSA) is 66.9 Å². The fourth-order valence-electron chi connectivity index (χ4n) is 3.36. The third-order valence-corrected chi connectivity index (χ3v) is 4.46. The molecular formula is C17H28N2O4. The molecule has 2 rings (SSSR count). The zero-order chi connectivity index (χ0) is 17.2. The summed E-state index contributed by atoms with van der Waals surface area (Å²) in [6.45, 7) is 8.73. The molecule has 2 atom stereocenters. The van der Waals surface area contributed by atoms with Gasteiger partial charge in [-0.05, 0) is 46.0 Å². The summed E-state index contributed by atoms with van der Waals surface area (Å²) in [5.74, 6) is -0.167. The number of amides is 3. The molecule has 2 saturated heterocycles. The highest BCUT2D eigenvalue weighted by Crippen LogP contribution is 2.28. The molecule has 0 spiro atoms. The minimum absolute atomic E-state index is 0.00602. The number of likely N-dealkylation sites (tertiary alicyclic amines) is 2. The standard InChI is InChI=1S/C17H28N2O4/c1-12(11-15(21)19-10-6-8-14(19)20)13-7-5-9-18(13)16(22)23-17(2,3)4/h12-13H,5-11H2,1-4H3. The molecule has 2 aliphatic heterocycles. The second-order valence-corrected chi connectivity index (χ2v) is 7.61. The molecule has 0 saturated carbocycles. The molecule has 2 fully saturated rings. The molecule has 6 nitrogen and oxygen atoms in total. The first-order chi connectivity index (χ1) is 10.7. The van der Waals surface area contributed by atoms with Crippen molar-refractivity contribution >= 4 is 17.9 Å². The Bertz CT molecular complexity index is 483. The zero-order valence-electron chi connectivity index (χ0n) is 14.6. The number of carbonyl (C=O) groups is 3. The molecule has 6 heteroatoms. The van der Waals surface area contributed by atoms with Crippen LogP contribution in [-0.4, -0.2) is 52.4 Å². The number of hydrogen-bond donors (Lipinski definition) is 0. The van der Waals surface area contributed by atoms with Gasteiger partial charge in [0.2, 0.25) is 11.8 Å². The normalized spacial score (nSPS) is 23.3. The summed E-state index contributed by atoms with van der Waals surface area (Å²) < 4.78 is 5.46. The molecule has 0 N–H and O–H groups in total. The van der Waals surface area contributed by atoms with Crippen molar-refractivity contribution in [3.63, 3.8) is 0 Å². The van der Waals surface area contributed by atoms with Gasteiger partial charge in [-0.25, -0.2) is 4.79 Å². The Balaban J connectivity index is 1.94. The van der Waals surface area contributed by atoms with E-state index in [4.69, 9.17) is 4.74 Å². The number of hydrogen-bond acceptors (Lipinski definition) is 4. The minimum Gasteiger partial charge on any atom is -0.444 e. The Morgan fingerprint density at radius 3 is 2.52 bits per heavy atom. The lowest BCUT2D eigenvalue weighted by atomic mass is 9.95. The molecule has 0 aromatic carbocycles. The van der Waals surface area contributed by atoms with E-state index in [1.54, 1.807) is 4.90 Å². The maximum atomic E-state index is 12.3. The molecule has 2 heterocycles. The van der Waals surface area contributed by atoms with E-state index >= 15 is 0 Å². The predicted octanol–water partition coefficient (Wildman–Crippen LogP) is 2.56. The Kier molecular flexibility index (Phi) is 5.32. The van der Waals surface area contributed by atoms with Crippen molar-refractivity contribution in [3.05, 3.63) is 0 Å². The van der Waals surface area contributed by atoms with Gasteiger partial charge >= 0.3 is 6.09 Å². The summed E-state index contributed by atoms with van der Waals surface area (Å²) in [6.07, 6.45) is 3.01. The average Bonchev–Trinajstić information content (AvgIpc) is 3.04. The van der Waals surface area contributed by atoms with Gasteiger partial charge in [0.15, 0.2) is 0 Å². The highest BCUT2D eigenvalue weighted by atomic mass is 16.6. The summed E-state index contributed by atoms with van der Waals surface area (Å²) in [5, 5.41) is 0. The molecule has 2 aliphatic rings. The maximum absolute atomic E-state index is 12.3. The van der Waals surface area contributed by atoms with E-state index in [-0.39, 0.29) is 29.9 Å². The molecule has 0 bridgehead atoms. The third-order valence-electron chi connectivity index (χ3n) is 4.46. The van der Waals surface area contributed by atoms with Gasteiger partial charge in [0.1, 0.15) is 5.60 Å². The fraction of sp³-hybridized carbons (Fsp3) is 0.824. The average molecular weight is 324 g/mol. The second kappa shape index (κ2) is 6.89. The summed E-state index contributed by atoms with van der Waals surface area (Å²) in [4.78, 5) is 39.4. The van der Waals surface area contributed by atoms with Gasteiger partial charge < -0.3 is 9.64 Å². The van der Waals surface area contributed by atoms with Crippen LogP contribution < -0.4 is 0 Å². The van der Waals surface area contributed by atoms with Crippen LogP contribution >= 0.6 is 0 Å². The van der Waals surface area contributed by atoms with Gasteiger partial charge in [-0.15, -0.1) is 0 Å². The van der Waals surface area contributed by atoms with E-state index in [0.29, 0.717) is 25.9 Å². The van der Waals surface area contributed by atoms with E-state index in [2.05, 4.69) is 0 Å². The Morgan fingerprint density at radius 1 is 1.26 bits per heavy atom. The summed E-state index contributed by atoms with van der Waals surface area (Å²) in [7, 11) is 0. The summed E-state index contributed by atoms with van der Waals surface area (Å²) >= 11 is 0. The van der Waals surface area contributed by atoms with Crippen molar-refractivity contribution in [1.29, 1.82) is 0 Å². The molecule has 0 aliphatic carbocycles. The number of nitrogens with zero attached hydrogens (tertiary/aromatic N) is 2. The molecule has 0 aromatic rings. The van der Waals surface area contributed by atoms with Gasteiger partial charge in [-0.3, -0.25) is 14.5 Å². The molecule has 23 heavy (non-hydrogen) atoms. The first-order valence-electron chi connectivity index (χ1n) is 8.52. The molecule has 0 aromatic heterocycles. The van der Waals surface area contributed by atoms with Crippen LogP contribution in [-0.2, 0) is 14.3 Å². The van der Waals surface area contributed by atoms with Crippen LogP contribution in [0.1, 0.15) is 59.8 Å². The Labute approximate surface area is 138 Å². The van der Waals surface area contributed by atoms with E-state index in [1.807, 2.05) is 27.7 Å². The largest absolute Gasteiger partial charge is 0.444 e. The highest BCUT2D eigenvalue weighted by Gasteiger charge is 2.37. The monoisotopic (exact) mass is 324 g/mol. The summed E-state index contributed by atoms with van der Waals surface area (Å²) in [5.41, 5.74) is -0.523. The number of imide groups is 1. The Morgan fingerprint density at radius 2 is 1.96 bits per heavy atom. The van der Waals surface area contributed by atoms with E-state index < -0.39 is 5.60 Å². The number of rotatable bonds is 3. The molecular weight excluding hydrogens is 296 g/mol. The van der Waals surface area contributed by atoms with Gasteiger partial charge in [0, 0.05) is 32.0 Å². The summed E-state index contributed by atoms with van der Waals surface area (Å²) in [6, 6.07) is 0.00602.